The highest BCUT2D eigenvalue weighted by atomic mass is 16.5. The Labute approximate surface area is 208 Å². The van der Waals surface area contributed by atoms with E-state index in [-0.39, 0.29) is 11.1 Å². The van der Waals surface area contributed by atoms with Gasteiger partial charge in [-0.25, -0.2) is 9.59 Å². The van der Waals surface area contributed by atoms with Gasteiger partial charge in [0.15, 0.2) is 0 Å². The summed E-state index contributed by atoms with van der Waals surface area (Å²) < 4.78 is 5.25. The largest absolute Gasteiger partial charge is 0.478 e. The Hall–Kier alpha value is -1.84. The highest BCUT2D eigenvalue weighted by Crippen LogP contribution is 2.16. The van der Waals surface area contributed by atoms with Crippen molar-refractivity contribution < 1.29 is 19.4 Å². The zero-order chi connectivity index (χ0) is 24.9. The van der Waals surface area contributed by atoms with E-state index in [0.717, 1.165) is 18.8 Å². The summed E-state index contributed by atoms with van der Waals surface area (Å²) in [6.07, 6.45) is 23.8. The first-order chi connectivity index (χ1) is 16.5. The fourth-order valence-electron chi connectivity index (χ4n) is 4.40. The van der Waals surface area contributed by atoms with Gasteiger partial charge in [0, 0.05) is 0 Å². The van der Waals surface area contributed by atoms with Crippen LogP contribution in [-0.2, 0) is 4.74 Å². The van der Waals surface area contributed by atoms with E-state index in [2.05, 4.69) is 13.8 Å². The van der Waals surface area contributed by atoms with Crippen molar-refractivity contribution in [2.24, 2.45) is 5.92 Å². The minimum Gasteiger partial charge on any atom is -0.478 e. The van der Waals surface area contributed by atoms with Crippen LogP contribution in [0, 0.1) is 5.92 Å². The topological polar surface area (TPSA) is 63.6 Å². The molecule has 0 aliphatic heterocycles. The van der Waals surface area contributed by atoms with Crippen molar-refractivity contribution in [1.29, 1.82) is 0 Å². The minimum absolute atomic E-state index is 0.00426. The molecule has 0 saturated heterocycles. The van der Waals surface area contributed by atoms with Crippen LogP contribution in [-0.4, -0.2) is 23.7 Å². The third-order valence-electron chi connectivity index (χ3n) is 6.54. The van der Waals surface area contributed by atoms with E-state index in [4.69, 9.17) is 9.84 Å². The molecule has 4 nitrogen and oxygen atoms in total. The van der Waals surface area contributed by atoms with Crippen molar-refractivity contribution in [2.45, 2.75) is 129 Å². The SMILES string of the molecule is CC(C)CCCCCCCCCCCCCCCCCCCOC(=O)c1ccccc1C(=O)O. The number of esters is 1. The Morgan fingerprint density at radius 1 is 0.647 bits per heavy atom. The maximum Gasteiger partial charge on any atom is 0.339 e. The molecule has 0 amide bonds. The molecule has 0 aliphatic carbocycles. The van der Waals surface area contributed by atoms with Crippen LogP contribution in [0.15, 0.2) is 24.3 Å². The van der Waals surface area contributed by atoms with Crippen LogP contribution < -0.4 is 0 Å². The second-order valence-corrected chi connectivity index (χ2v) is 10.2. The third-order valence-corrected chi connectivity index (χ3v) is 6.54. The Kier molecular flexibility index (Phi) is 18.2. The third kappa shape index (κ3) is 15.9. The lowest BCUT2D eigenvalue weighted by Gasteiger charge is -2.07. The van der Waals surface area contributed by atoms with Gasteiger partial charge in [-0.3, -0.25) is 0 Å². The number of carboxylic acid groups (broad SMARTS) is 1. The van der Waals surface area contributed by atoms with Gasteiger partial charge in [-0.15, -0.1) is 0 Å². The average molecular weight is 475 g/mol. The van der Waals surface area contributed by atoms with Crippen molar-refractivity contribution >= 4 is 11.9 Å². The number of ether oxygens (including phenoxy) is 1. The van der Waals surface area contributed by atoms with Crippen LogP contribution in [0.5, 0.6) is 0 Å². The Morgan fingerprint density at radius 3 is 1.44 bits per heavy atom. The molecule has 4 heteroatoms. The van der Waals surface area contributed by atoms with Gasteiger partial charge in [0.25, 0.3) is 0 Å². The number of carbonyl (C=O) groups excluding carboxylic acids is 1. The first-order valence-corrected chi connectivity index (χ1v) is 14.0. The number of benzene rings is 1. The number of carboxylic acids is 1. The summed E-state index contributed by atoms with van der Waals surface area (Å²) in [6, 6.07) is 6.19. The predicted molar refractivity (Wildman–Crippen MR) is 142 cm³/mol. The number of carbonyl (C=O) groups is 2. The Morgan fingerprint density at radius 2 is 1.03 bits per heavy atom. The van der Waals surface area contributed by atoms with Crippen LogP contribution in [0.3, 0.4) is 0 Å². The van der Waals surface area contributed by atoms with Crippen molar-refractivity contribution in [3.8, 4) is 0 Å². The molecule has 1 rings (SSSR count). The zero-order valence-corrected chi connectivity index (χ0v) is 22.0. The van der Waals surface area contributed by atoms with Gasteiger partial charge in [0.2, 0.25) is 0 Å². The zero-order valence-electron chi connectivity index (χ0n) is 22.0. The summed E-state index contributed by atoms with van der Waals surface area (Å²) in [5.74, 6) is -0.789. The van der Waals surface area contributed by atoms with Crippen LogP contribution in [0.1, 0.15) is 150 Å². The molecule has 0 unspecified atom stereocenters. The summed E-state index contributed by atoms with van der Waals surface area (Å²) in [5.41, 5.74) is 0.123. The Balaban J connectivity index is 1.82. The lowest BCUT2D eigenvalue weighted by atomic mass is 10.0. The highest BCUT2D eigenvalue weighted by Gasteiger charge is 2.16. The second-order valence-electron chi connectivity index (χ2n) is 10.2. The Bertz CT molecular complexity index is 653. The van der Waals surface area contributed by atoms with Gasteiger partial charge < -0.3 is 9.84 Å². The van der Waals surface area contributed by atoms with Crippen LogP contribution in [0.2, 0.25) is 0 Å². The number of unbranched alkanes of at least 4 members (excludes halogenated alkanes) is 16. The predicted octanol–water partition coefficient (Wildman–Crippen LogP) is 9.22. The number of rotatable bonds is 22. The number of hydrogen-bond donors (Lipinski definition) is 1. The van der Waals surface area contributed by atoms with E-state index in [1.165, 1.54) is 115 Å². The number of hydrogen-bond acceptors (Lipinski definition) is 3. The molecule has 0 radical (unpaired) electrons. The molecule has 0 bridgehead atoms. The van der Waals surface area contributed by atoms with Gasteiger partial charge >= 0.3 is 11.9 Å². The molecule has 1 N–H and O–H groups in total. The molecule has 34 heavy (non-hydrogen) atoms. The van der Waals surface area contributed by atoms with Crippen molar-refractivity contribution in [3.05, 3.63) is 35.4 Å². The lowest BCUT2D eigenvalue weighted by molar-refractivity contribution is 0.0487. The molecule has 0 atom stereocenters. The minimum atomic E-state index is -1.11. The maximum absolute atomic E-state index is 12.1. The van der Waals surface area contributed by atoms with Gasteiger partial charge in [-0.05, 0) is 24.5 Å². The summed E-state index contributed by atoms with van der Waals surface area (Å²) in [7, 11) is 0. The van der Waals surface area contributed by atoms with E-state index in [1.807, 2.05) is 0 Å². The fraction of sp³-hybridized carbons (Fsp3) is 0.733. The molecule has 1 aromatic rings. The van der Waals surface area contributed by atoms with E-state index in [0.29, 0.717) is 6.61 Å². The van der Waals surface area contributed by atoms with E-state index >= 15 is 0 Å². The summed E-state index contributed by atoms with van der Waals surface area (Å²) in [4.78, 5) is 23.3. The van der Waals surface area contributed by atoms with Crippen molar-refractivity contribution in [2.75, 3.05) is 6.61 Å². The summed E-state index contributed by atoms with van der Waals surface area (Å²) in [5, 5.41) is 9.15. The molecule has 0 fully saturated rings. The molecular weight excluding hydrogens is 424 g/mol. The lowest BCUT2D eigenvalue weighted by Crippen LogP contribution is -2.12. The van der Waals surface area contributed by atoms with Gasteiger partial charge in [-0.1, -0.05) is 135 Å². The molecule has 0 spiro atoms. The van der Waals surface area contributed by atoms with E-state index in [9.17, 15) is 9.59 Å². The number of aromatic carboxylic acids is 1. The highest BCUT2D eigenvalue weighted by molar-refractivity contribution is 6.02. The summed E-state index contributed by atoms with van der Waals surface area (Å²) in [6.45, 7) is 4.99. The second kappa shape index (κ2) is 20.5. The molecule has 0 aliphatic rings. The molecule has 0 heterocycles. The first kappa shape index (κ1) is 30.2. The normalized spacial score (nSPS) is 11.1. The van der Waals surface area contributed by atoms with Gasteiger partial charge in [-0.2, -0.15) is 0 Å². The molecule has 0 aromatic heterocycles. The smallest absolute Gasteiger partial charge is 0.339 e. The first-order valence-electron chi connectivity index (χ1n) is 14.0. The van der Waals surface area contributed by atoms with Gasteiger partial charge in [0.05, 0.1) is 17.7 Å². The average Bonchev–Trinajstić information content (AvgIpc) is 2.82. The molecule has 1 aromatic carbocycles. The van der Waals surface area contributed by atoms with Crippen LogP contribution in [0.4, 0.5) is 0 Å². The quantitative estimate of drug-likeness (QED) is 0.134. The van der Waals surface area contributed by atoms with Crippen molar-refractivity contribution in [1.82, 2.24) is 0 Å². The van der Waals surface area contributed by atoms with E-state index < -0.39 is 11.9 Å². The fourth-order valence-corrected chi connectivity index (χ4v) is 4.40. The van der Waals surface area contributed by atoms with Crippen molar-refractivity contribution in [3.63, 3.8) is 0 Å². The monoisotopic (exact) mass is 474 g/mol. The van der Waals surface area contributed by atoms with Crippen LogP contribution >= 0.6 is 0 Å². The molecular formula is C30H50O4. The van der Waals surface area contributed by atoms with Gasteiger partial charge in [0.1, 0.15) is 0 Å². The molecule has 194 valence electrons. The molecule has 0 saturated carbocycles. The maximum atomic E-state index is 12.1. The standard InChI is InChI=1S/C30H50O4/c1-26(2)22-18-16-14-12-10-8-6-4-3-5-7-9-11-13-15-17-21-25-34-30(33)28-24-20-19-23-27(28)29(31)32/h19-20,23-24,26H,3-18,21-22,25H2,1-2H3,(H,31,32). The van der Waals surface area contributed by atoms with Crippen LogP contribution in [0.25, 0.3) is 0 Å². The summed E-state index contributed by atoms with van der Waals surface area (Å²) >= 11 is 0. The van der Waals surface area contributed by atoms with E-state index in [1.54, 1.807) is 12.1 Å².